The van der Waals surface area contributed by atoms with Gasteiger partial charge in [0.15, 0.2) is 0 Å². The molecule has 0 aromatic rings. The molecule has 1 aliphatic rings. The molecular weight excluding hydrogens is 214 g/mol. The number of thioether (sulfide) groups is 1. The summed E-state index contributed by atoms with van der Waals surface area (Å²) in [6.45, 7) is 10.6. The van der Waals surface area contributed by atoms with E-state index < -0.39 is 0 Å². The van der Waals surface area contributed by atoms with Crippen molar-refractivity contribution in [2.24, 2.45) is 5.92 Å². The van der Waals surface area contributed by atoms with Crippen LogP contribution in [0.5, 0.6) is 0 Å². The van der Waals surface area contributed by atoms with Gasteiger partial charge in [0.1, 0.15) is 0 Å². The van der Waals surface area contributed by atoms with Crippen LogP contribution in [-0.4, -0.2) is 23.1 Å². The minimum atomic E-state index is 0.492. The first kappa shape index (κ1) is 14.4. The molecule has 0 aromatic heterocycles. The van der Waals surface area contributed by atoms with E-state index in [9.17, 15) is 0 Å². The zero-order valence-electron chi connectivity index (χ0n) is 11.5. The lowest BCUT2D eigenvalue weighted by Gasteiger charge is -2.39. The van der Waals surface area contributed by atoms with Crippen molar-refractivity contribution in [2.75, 3.05) is 12.3 Å². The normalized spacial score (nSPS) is 27.6. The smallest absolute Gasteiger partial charge is 0.0287 e. The third-order valence-corrected chi connectivity index (χ3v) is 5.65. The molecule has 0 bridgehead atoms. The van der Waals surface area contributed by atoms with Gasteiger partial charge in [0, 0.05) is 10.8 Å². The molecule has 16 heavy (non-hydrogen) atoms. The summed E-state index contributed by atoms with van der Waals surface area (Å²) in [6.07, 6.45) is 6.68. The van der Waals surface area contributed by atoms with Gasteiger partial charge in [0.05, 0.1) is 0 Å². The predicted molar refractivity (Wildman–Crippen MR) is 76.3 cm³/mol. The standard InChI is InChI=1S/C14H29NS/c1-5-10-15-13(12(6-2)7-3)14(4)9-8-11-16-14/h12-13,15H,5-11H2,1-4H3. The lowest BCUT2D eigenvalue weighted by molar-refractivity contribution is 0.275. The monoisotopic (exact) mass is 243 g/mol. The fraction of sp³-hybridized carbons (Fsp3) is 1.00. The first-order chi connectivity index (χ1) is 7.68. The van der Waals surface area contributed by atoms with Gasteiger partial charge in [-0.05, 0) is 44.4 Å². The van der Waals surface area contributed by atoms with Gasteiger partial charge < -0.3 is 5.32 Å². The molecule has 0 aliphatic carbocycles. The van der Waals surface area contributed by atoms with E-state index in [1.807, 2.05) is 0 Å². The molecule has 1 aliphatic heterocycles. The van der Waals surface area contributed by atoms with Crippen LogP contribution in [-0.2, 0) is 0 Å². The summed E-state index contributed by atoms with van der Waals surface area (Å²) in [5, 5.41) is 3.83. The van der Waals surface area contributed by atoms with Crippen molar-refractivity contribution in [3.8, 4) is 0 Å². The van der Waals surface area contributed by atoms with E-state index in [2.05, 4.69) is 44.8 Å². The molecule has 0 spiro atoms. The van der Waals surface area contributed by atoms with E-state index in [-0.39, 0.29) is 0 Å². The zero-order chi connectivity index (χ0) is 12.0. The van der Waals surface area contributed by atoms with Crippen molar-refractivity contribution in [1.29, 1.82) is 0 Å². The van der Waals surface area contributed by atoms with E-state index in [1.54, 1.807) is 0 Å². The van der Waals surface area contributed by atoms with Crippen molar-refractivity contribution >= 4 is 11.8 Å². The fourth-order valence-electron chi connectivity index (χ4n) is 2.99. The maximum absolute atomic E-state index is 3.83. The molecule has 2 unspecified atom stereocenters. The molecule has 0 saturated carbocycles. The Kier molecular flexibility index (Phi) is 6.20. The van der Waals surface area contributed by atoms with E-state index in [0.29, 0.717) is 4.75 Å². The average molecular weight is 243 g/mol. The number of rotatable bonds is 7. The van der Waals surface area contributed by atoms with Crippen molar-refractivity contribution < 1.29 is 0 Å². The third kappa shape index (κ3) is 3.40. The van der Waals surface area contributed by atoms with Crippen LogP contribution in [0.3, 0.4) is 0 Å². The average Bonchev–Trinajstić information content (AvgIpc) is 2.72. The van der Waals surface area contributed by atoms with Gasteiger partial charge in [0.25, 0.3) is 0 Å². The zero-order valence-corrected chi connectivity index (χ0v) is 12.3. The van der Waals surface area contributed by atoms with Gasteiger partial charge in [0.2, 0.25) is 0 Å². The Morgan fingerprint density at radius 3 is 2.38 bits per heavy atom. The summed E-state index contributed by atoms with van der Waals surface area (Å²) >= 11 is 2.20. The molecule has 1 heterocycles. The molecule has 0 amide bonds. The molecule has 1 nitrogen and oxygen atoms in total. The maximum atomic E-state index is 3.83. The van der Waals surface area contributed by atoms with Crippen molar-refractivity contribution in [1.82, 2.24) is 5.32 Å². The lowest BCUT2D eigenvalue weighted by Crippen LogP contribution is -2.50. The van der Waals surface area contributed by atoms with Gasteiger partial charge in [-0.25, -0.2) is 0 Å². The minimum Gasteiger partial charge on any atom is -0.312 e. The van der Waals surface area contributed by atoms with Crippen LogP contribution in [0.1, 0.15) is 59.8 Å². The summed E-state index contributed by atoms with van der Waals surface area (Å²) in [7, 11) is 0. The second kappa shape index (κ2) is 6.90. The summed E-state index contributed by atoms with van der Waals surface area (Å²) < 4.78 is 0.492. The van der Waals surface area contributed by atoms with Crippen molar-refractivity contribution in [3.05, 3.63) is 0 Å². The van der Waals surface area contributed by atoms with Crippen molar-refractivity contribution in [3.63, 3.8) is 0 Å². The summed E-state index contributed by atoms with van der Waals surface area (Å²) in [5.74, 6) is 2.21. The highest BCUT2D eigenvalue weighted by molar-refractivity contribution is 8.00. The Morgan fingerprint density at radius 1 is 1.25 bits per heavy atom. The van der Waals surface area contributed by atoms with Crippen LogP contribution in [0.2, 0.25) is 0 Å². The SMILES string of the molecule is CCCNC(C(CC)CC)C1(C)CCCS1. The van der Waals surface area contributed by atoms with Crippen LogP contribution in [0.4, 0.5) is 0 Å². The second-order valence-electron chi connectivity index (χ2n) is 5.27. The highest BCUT2D eigenvalue weighted by Gasteiger charge is 2.40. The highest BCUT2D eigenvalue weighted by Crippen LogP contribution is 2.43. The summed E-state index contributed by atoms with van der Waals surface area (Å²) in [5.41, 5.74) is 0. The Balaban J connectivity index is 2.68. The molecule has 1 N–H and O–H groups in total. The summed E-state index contributed by atoms with van der Waals surface area (Å²) in [4.78, 5) is 0. The van der Waals surface area contributed by atoms with E-state index in [4.69, 9.17) is 0 Å². The molecule has 2 atom stereocenters. The van der Waals surface area contributed by atoms with Gasteiger partial charge in [-0.15, -0.1) is 0 Å². The van der Waals surface area contributed by atoms with E-state index >= 15 is 0 Å². The van der Waals surface area contributed by atoms with E-state index in [0.717, 1.165) is 12.0 Å². The fourth-order valence-corrected chi connectivity index (χ4v) is 4.49. The highest BCUT2D eigenvalue weighted by atomic mass is 32.2. The van der Waals surface area contributed by atoms with E-state index in [1.165, 1.54) is 44.4 Å². The van der Waals surface area contributed by atoms with Gasteiger partial charge in [-0.3, -0.25) is 0 Å². The van der Waals surface area contributed by atoms with Gasteiger partial charge in [-0.2, -0.15) is 11.8 Å². The van der Waals surface area contributed by atoms with Gasteiger partial charge >= 0.3 is 0 Å². The Labute approximate surface area is 106 Å². The second-order valence-corrected chi connectivity index (χ2v) is 6.90. The maximum Gasteiger partial charge on any atom is 0.0287 e. The Bertz CT molecular complexity index is 183. The first-order valence-corrected chi connectivity index (χ1v) is 8.03. The molecule has 1 saturated heterocycles. The molecule has 0 aromatic carbocycles. The number of nitrogens with one attached hydrogen (secondary N) is 1. The first-order valence-electron chi connectivity index (χ1n) is 7.05. The molecule has 2 heteroatoms. The topological polar surface area (TPSA) is 12.0 Å². The molecule has 1 rings (SSSR count). The summed E-state index contributed by atoms with van der Waals surface area (Å²) in [6, 6.07) is 0.718. The molecule has 1 fully saturated rings. The lowest BCUT2D eigenvalue weighted by atomic mass is 9.83. The Hall–Kier alpha value is 0.310. The van der Waals surface area contributed by atoms with Gasteiger partial charge in [-0.1, -0.05) is 33.6 Å². The largest absolute Gasteiger partial charge is 0.312 e. The van der Waals surface area contributed by atoms with Crippen LogP contribution < -0.4 is 5.32 Å². The van der Waals surface area contributed by atoms with Crippen molar-refractivity contribution in [2.45, 2.75) is 70.6 Å². The Morgan fingerprint density at radius 2 is 1.94 bits per heavy atom. The quantitative estimate of drug-likeness (QED) is 0.723. The van der Waals surface area contributed by atoms with Crippen LogP contribution in [0.15, 0.2) is 0 Å². The van der Waals surface area contributed by atoms with Crippen LogP contribution in [0, 0.1) is 5.92 Å². The number of hydrogen-bond donors (Lipinski definition) is 1. The predicted octanol–water partition coefficient (Wildman–Crippen LogP) is 4.08. The molecule has 96 valence electrons. The third-order valence-electron chi connectivity index (χ3n) is 4.04. The molecule has 0 radical (unpaired) electrons. The van der Waals surface area contributed by atoms with Crippen LogP contribution in [0.25, 0.3) is 0 Å². The molecular formula is C14H29NS. The van der Waals surface area contributed by atoms with Crippen LogP contribution >= 0.6 is 11.8 Å². The number of hydrogen-bond acceptors (Lipinski definition) is 2. The minimum absolute atomic E-state index is 0.492.